The summed E-state index contributed by atoms with van der Waals surface area (Å²) < 4.78 is 17.3. The van der Waals surface area contributed by atoms with Gasteiger partial charge in [-0.25, -0.2) is 0 Å². The van der Waals surface area contributed by atoms with Gasteiger partial charge in [0.15, 0.2) is 5.82 Å². The number of aromatic nitrogens is 3. The van der Waals surface area contributed by atoms with Gasteiger partial charge >= 0.3 is 0 Å². The van der Waals surface area contributed by atoms with Gasteiger partial charge in [-0.2, -0.15) is 4.98 Å². The van der Waals surface area contributed by atoms with Crippen LogP contribution in [0.15, 0.2) is 29.0 Å². The van der Waals surface area contributed by atoms with E-state index in [-0.39, 0.29) is 23.8 Å². The van der Waals surface area contributed by atoms with Crippen molar-refractivity contribution < 1.29 is 18.8 Å². The van der Waals surface area contributed by atoms with Crippen molar-refractivity contribution in [3.05, 3.63) is 41.8 Å². The summed E-state index contributed by atoms with van der Waals surface area (Å²) in [4.78, 5) is 22.9. The van der Waals surface area contributed by atoms with E-state index < -0.39 is 0 Å². The molecule has 2 aromatic rings. The van der Waals surface area contributed by atoms with Crippen LogP contribution < -0.4 is 0 Å². The van der Waals surface area contributed by atoms with Gasteiger partial charge < -0.3 is 18.9 Å². The lowest BCUT2D eigenvalue weighted by atomic mass is 9.73. The molecule has 1 amide bonds. The summed E-state index contributed by atoms with van der Waals surface area (Å²) in [6, 6.07) is 3.91. The van der Waals surface area contributed by atoms with Gasteiger partial charge in [-0.15, -0.1) is 0 Å². The number of fused-ring (bicyclic) bond motifs is 1. The molecular weight excluding hydrogens is 360 g/mol. The highest BCUT2D eigenvalue weighted by molar-refractivity contribution is 5.78. The van der Waals surface area contributed by atoms with Crippen LogP contribution in [-0.4, -0.2) is 58.3 Å². The monoisotopic (exact) mass is 386 g/mol. The molecule has 0 N–H and O–H groups in total. The van der Waals surface area contributed by atoms with Crippen molar-refractivity contribution in [3.63, 3.8) is 0 Å². The second-order valence-corrected chi connectivity index (χ2v) is 7.69. The van der Waals surface area contributed by atoms with Crippen molar-refractivity contribution in [1.29, 1.82) is 0 Å². The molecule has 2 fully saturated rings. The summed E-state index contributed by atoms with van der Waals surface area (Å²) >= 11 is 0. The number of pyridine rings is 1. The number of piperidine rings is 1. The van der Waals surface area contributed by atoms with E-state index in [9.17, 15) is 4.79 Å². The Morgan fingerprint density at radius 3 is 3.04 bits per heavy atom. The maximum Gasteiger partial charge on any atom is 0.236 e. The molecule has 150 valence electrons. The SMILES string of the molecule is Cc1noc(CC(=O)N2CC[C@H]3OCCC[C@]3(COCc3ccncc3)C2)n1. The molecular formula is C20H26N4O4. The molecule has 0 bridgehead atoms. The molecule has 2 aromatic heterocycles. The predicted octanol–water partition coefficient (Wildman–Crippen LogP) is 1.93. The largest absolute Gasteiger partial charge is 0.377 e. The van der Waals surface area contributed by atoms with Crippen molar-refractivity contribution >= 4 is 5.91 Å². The number of carbonyl (C=O) groups is 1. The van der Waals surface area contributed by atoms with E-state index in [0.717, 1.165) is 31.4 Å². The lowest BCUT2D eigenvalue weighted by Gasteiger charge is -2.50. The van der Waals surface area contributed by atoms with Gasteiger partial charge in [0.2, 0.25) is 11.8 Å². The number of hydrogen-bond acceptors (Lipinski definition) is 7. The highest BCUT2D eigenvalue weighted by Crippen LogP contribution is 2.40. The molecule has 8 nitrogen and oxygen atoms in total. The molecule has 0 unspecified atom stereocenters. The first-order chi connectivity index (χ1) is 13.6. The van der Waals surface area contributed by atoms with Crippen LogP contribution in [0, 0.1) is 12.3 Å². The highest BCUT2D eigenvalue weighted by atomic mass is 16.5. The second-order valence-electron chi connectivity index (χ2n) is 7.69. The molecule has 4 heterocycles. The van der Waals surface area contributed by atoms with Crippen LogP contribution in [0.25, 0.3) is 0 Å². The van der Waals surface area contributed by atoms with E-state index in [1.54, 1.807) is 19.3 Å². The van der Waals surface area contributed by atoms with E-state index in [1.807, 2.05) is 17.0 Å². The molecule has 2 aliphatic heterocycles. The zero-order chi connectivity index (χ0) is 19.4. The van der Waals surface area contributed by atoms with Gasteiger partial charge in [0.1, 0.15) is 6.42 Å². The molecule has 0 saturated carbocycles. The Hall–Kier alpha value is -2.32. The Bertz CT molecular complexity index is 797. The quantitative estimate of drug-likeness (QED) is 0.749. The zero-order valence-electron chi connectivity index (χ0n) is 16.2. The maximum absolute atomic E-state index is 12.8. The van der Waals surface area contributed by atoms with Gasteiger partial charge in [-0.05, 0) is 43.9 Å². The van der Waals surface area contributed by atoms with Gasteiger partial charge in [-0.1, -0.05) is 5.16 Å². The highest BCUT2D eigenvalue weighted by Gasteiger charge is 2.47. The summed E-state index contributed by atoms with van der Waals surface area (Å²) in [5, 5.41) is 3.76. The minimum atomic E-state index is -0.163. The van der Waals surface area contributed by atoms with Crippen molar-refractivity contribution in [2.24, 2.45) is 5.41 Å². The van der Waals surface area contributed by atoms with Crippen molar-refractivity contribution in [1.82, 2.24) is 20.0 Å². The van der Waals surface area contributed by atoms with Crippen molar-refractivity contribution in [3.8, 4) is 0 Å². The van der Waals surface area contributed by atoms with Crippen LogP contribution in [0.5, 0.6) is 0 Å². The molecule has 0 radical (unpaired) electrons. The number of ether oxygens (including phenoxy) is 2. The lowest BCUT2D eigenvalue weighted by Crippen LogP contribution is -2.58. The summed E-state index contributed by atoms with van der Waals surface area (Å²) in [6.45, 7) is 4.96. The van der Waals surface area contributed by atoms with Gasteiger partial charge in [0.05, 0.1) is 19.3 Å². The Morgan fingerprint density at radius 2 is 2.25 bits per heavy atom. The number of likely N-dealkylation sites (tertiary alicyclic amines) is 1. The number of rotatable bonds is 6. The molecule has 2 atom stereocenters. The van der Waals surface area contributed by atoms with Crippen LogP contribution in [0.2, 0.25) is 0 Å². The summed E-state index contributed by atoms with van der Waals surface area (Å²) in [7, 11) is 0. The Labute approximate surface area is 164 Å². The van der Waals surface area contributed by atoms with E-state index in [2.05, 4.69) is 15.1 Å². The fourth-order valence-corrected chi connectivity index (χ4v) is 4.22. The fraction of sp³-hybridized carbons (Fsp3) is 0.600. The normalized spacial score (nSPS) is 24.8. The van der Waals surface area contributed by atoms with Crippen LogP contribution in [0.3, 0.4) is 0 Å². The Kier molecular flexibility index (Phi) is 5.68. The van der Waals surface area contributed by atoms with Crippen LogP contribution in [0.1, 0.15) is 36.5 Å². The van der Waals surface area contributed by atoms with Crippen molar-refractivity contribution in [2.75, 3.05) is 26.3 Å². The van der Waals surface area contributed by atoms with E-state index in [0.29, 0.717) is 38.0 Å². The first kappa shape index (κ1) is 19.0. The van der Waals surface area contributed by atoms with E-state index >= 15 is 0 Å². The van der Waals surface area contributed by atoms with Crippen LogP contribution >= 0.6 is 0 Å². The Morgan fingerprint density at radius 1 is 1.39 bits per heavy atom. The third kappa shape index (κ3) is 4.23. The standard InChI is InChI=1S/C20H26N4O4/c1-15-22-18(28-23-15)11-19(25)24-9-5-17-20(13-24,6-2-10-27-17)14-26-12-16-3-7-21-8-4-16/h3-4,7-8,17H,2,5-6,9-14H2,1H3/t17-,20-/m1/s1. The average Bonchev–Trinajstić information content (AvgIpc) is 3.13. The maximum atomic E-state index is 12.8. The smallest absolute Gasteiger partial charge is 0.236 e. The third-order valence-corrected chi connectivity index (χ3v) is 5.62. The molecule has 0 aliphatic carbocycles. The second kappa shape index (κ2) is 8.36. The summed E-state index contributed by atoms with van der Waals surface area (Å²) in [5.41, 5.74) is 0.930. The Balaban J connectivity index is 1.40. The number of amides is 1. The first-order valence-electron chi connectivity index (χ1n) is 9.80. The molecule has 4 rings (SSSR count). The minimum Gasteiger partial charge on any atom is -0.377 e. The summed E-state index contributed by atoms with van der Waals surface area (Å²) in [6.07, 6.45) is 6.62. The van der Waals surface area contributed by atoms with E-state index in [4.69, 9.17) is 14.0 Å². The zero-order valence-corrected chi connectivity index (χ0v) is 16.2. The minimum absolute atomic E-state index is 0.0150. The van der Waals surface area contributed by atoms with Crippen molar-refractivity contribution in [2.45, 2.75) is 45.3 Å². The van der Waals surface area contributed by atoms with Gasteiger partial charge in [-0.3, -0.25) is 9.78 Å². The predicted molar refractivity (Wildman–Crippen MR) is 99.2 cm³/mol. The lowest BCUT2D eigenvalue weighted by molar-refractivity contribution is -0.165. The first-order valence-corrected chi connectivity index (χ1v) is 9.80. The molecule has 28 heavy (non-hydrogen) atoms. The number of aryl methyl sites for hydroxylation is 1. The molecule has 8 heteroatoms. The number of carbonyl (C=O) groups excluding carboxylic acids is 1. The fourth-order valence-electron chi connectivity index (χ4n) is 4.22. The average molecular weight is 386 g/mol. The summed E-state index contributed by atoms with van der Waals surface area (Å²) in [5.74, 6) is 0.928. The topological polar surface area (TPSA) is 90.6 Å². The van der Waals surface area contributed by atoms with Gasteiger partial charge in [0, 0.05) is 37.5 Å². The molecule has 2 saturated heterocycles. The number of hydrogen-bond donors (Lipinski definition) is 0. The molecule has 0 spiro atoms. The molecule has 2 aliphatic rings. The number of nitrogens with zero attached hydrogens (tertiary/aromatic N) is 4. The molecule has 0 aromatic carbocycles. The van der Waals surface area contributed by atoms with E-state index in [1.165, 1.54) is 0 Å². The van der Waals surface area contributed by atoms with Crippen LogP contribution in [0.4, 0.5) is 0 Å². The third-order valence-electron chi connectivity index (χ3n) is 5.62. The van der Waals surface area contributed by atoms with Crippen LogP contribution in [-0.2, 0) is 27.3 Å². The van der Waals surface area contributed by atoms with Gasteiger partial charge in [0.25, 0.3) is 0 Å².